The molecule has 0 spiro atoms. The maximum absolute atomic E-state index is 6.29. The van der Waals surface area contributed by atoms with Crippen molar-refractivity contribution in [2.24, 2.45) is 0 Å². The smallest absolute Gasteiger partial charge is 0.202 e. The van der Waals surface area contributed by atoms with E-state index in [0.717, 1.165) is 24.7 Å². The molecule has 0 aliphatic rings. The first-order chi connectivity index (χ1) is 11.8. The summed E-state index contributed by atoms with van der Waals surface area (Å²) in [4.78, 5) is 0. The molecule has 0 unspecified atom stereocenters. The zero-order valence-corrected chi connectivity index (χ0v) is 18.3. The summed E-state index contributed by atoms with van der Waals surface area (Å²) in [6.07, 6.45) is 5.47. The summed E-state index contributed by atoms with van der Waals surface area (Å²) in [5.74, 6) is 0. The third kappa shape index (κ3) is 13.7. The number of allylic oxidation sites excluding steroid dienone is 3. The van der Waals surface area contributed by atoms with E-state index in [9.17, 15) is 0 Å². The zero-order chi connectivity index (χ0) is 19.1. The van der Waals surface area contributed by atoms with Gasteiger partial charge in [0.1, 0.15) is 0 Å². The average molecular weight is 371 g/mol. The van der Waals surface area contributed by atoms with E-state index in [-0.39, 0.29) is 0 Å². The van der Waals surface area contributed by atoms with Crippen LogP contribution < -0.4 is 0 Å². The lowest BCUT2D eigenvalue weighted by atomic mass is 10.4. The predicted molar refractivity (Wildman–Crippen MR) is 108 cm³/mol. The fraction of sp³-hybridized carbons (Fsp3) is 0.700. The third-order valence-corrected chi connectivity index (χ3v) is 7.68. The van der Waals surface area contributed by atoms with Gasteiger partial charge in [0.05, 0.1) is 38.6 Å². The normalized spacial score (nSPS) is 10.7. The molecule has 0 amide bonds. The van der Waals surface area contributed by atoms with E-state index >= 15 is 0 Å². The second kappa shape index (κ2) is 14.0. The van der Waals surface area contributed by atoms with Crippen molar-refractivity contribution in [3.05, 3.63) is 35.5 Å². The summed E-state index contributed by atoms with van der Waals surface area (Å²) in [6.45, 7) is 17.0. The standard InChI is InChI=1S/C20H38O4Si/c1-8-24-25(12-9-21-15-18(2)3,13-10-22-16-19(4)5)14-11-23-17-20(6)7/h15-17H,8-14H2,1-7H3. The molecule has 0 saturated heterocycles. The molecule has 0 saturated carbocycles. The van der Waals surface area contributed by atoms with Crippen LogP contribution in [-0.2, 0) is 18.6 Å². The second-order valence-corrected chi connectivity index (χ2v) is 11.2. The van der Waals surface area contributed by atoms with Crippen molar-refractivity contribution in [2.45, 2.75) is 66.6 Å². The number of hydrogen-bond acceptors (Lipinski definition) is 4. The van der Waals surface area contributed by atoms with Crippen LogP contribution in [0.4, 0.5) is 0 Å². The highest BCUT2D eigenvalue weighted by molar-refractivity contribution is 6.74. The average Bonchev–Trinajstić information content (AvgIpc) is 2.52. The Labute approximate surface area is 156 Å². The van der Waals surface area contributed by atoms with Gasteiger partial charge in [0.25, 0.3) is 0 Å². The molecule has 0 aromatic carbocycles. The largest absolute Gasteiger partial charge is 0.501 e. The van der Waals surface area contributed by atoms with Crippen molar-refractivity contribution in [3.63, 3.8) is 0 Å². The van der Waals surface area contributed by atoms with Crippen LogP contribution in [0.25, 0.3) is 0 Å². The van der Waals surface area contributed by atoms with Gasteiger partial charge >= 0.3 is 0 Å². The first-order valence-electron chi connectivity index (χ1n) is 9.20. The Morgan fingerprint density at radius 3 is 1.20 bits per heavy atom. The molecule has 0 aliphatic carbocycles. The molecular weight excluding hydrogens is 332 g/mol. The molecule has 0 aliphatic heterocycles. The Kier molecular flexibility index (Phi) is 13.3. The van der Waals surface area contributed by atoms with Crippen molar-refractivity contribution in [3.8, 4) is 0 Å². The minimum Gasteiger partial charge on any atom is -0.501 e. The molecule has 0 rings (SSSR count). The van der Waals surface area contributed by atoms with Gasteiger partial charge in [-0.2, -0.15) is 0 Å². The van der Waals surface area contributed by atoms with Crippen LogP contribution in [0, 0.1) is 0 Å². The van der Waals surface area contributed by atoms with Crippen molar-refractivity contribution < 1.29 is 18.6 Å². The van der Waals surface area contributed by atoms with E-state index < -0.39 is 8.32 Å². The Bertz CT molecular complexity index is 369. The van der Waals surface area contributed by atoms with Gasteiger partial charge in [-0.15, -0.1) is 0 Å². The first-order valence-corrected chi connectivity index (χ1v) is 11.7. The van der Waals surface area contributed by atoms with Crippen LogP contribution in [0.2, 0.25) is 18.1 Å². The van der Waals surface area contributed by atoms with Gasteiger partial charge in [0.15, 0.2) is 0 Å². The number of ether oxygens (including phenoxy) is 3. The topological polar surface area (TPSA) is 36.9 Å². The Morgan fingerprint density at radius 2 is 0.960 bits per heavy atom. The molecule has 0 radical (unpaired) electrons. The molecule has 4 nitrogen and oxygen atoms in total. The monoisotopic (exact) mass is 370 g/mol. The Hall–Kier alpha value is -1.20. The SMILES string of the molecule is CCO[Si](CCOC=C(C)C)(CCOC=C(C)C)CCOC=C(C)C. The third-order valence-electron chi connectivity index (χ3n) is 3.43. The summed E-state index contributed by atoms with van der Waals surface area (Å²) in [5, 5.41) is 0. The van der Waals surface area contributed by atoms with E-state index in [1.807, 2.05) is 60.3 Å². The van der Waals surface area contributed by atoms with E-state index in [4.69, 9.17) is 18.6 Å². The lowest BCUT2D eigenvalue weighted by Gasteiger charge is -2.30. The van der Waals surface area contributed by atoms with Gasteiger partial charge in [-0.3, -0.25) is 0 Å². The maximum Gasteiger partial charge on any atom is 0.202 e. The molecule has 0 fully saturated rings. The molecule has 0 aromatic rings. The highest BCUT2D eigenvalue weighted by atomic mass is 28.4. The molecule has 5 heteroatoms. The molecule has 0 aromatic heterocycles. The Balaban J connectivity index is 4.79. The molecule has 25 heavy (non-hydrogen) atoms. The number of hydrogen-bond donors (Lipinski definition) is 0. The lowest BCUT2D eigenvalue weighted by molar-refractivity contribution is 0.221. The summed E-state index contributed by atoms with van der Waals surface area (Å²) in [5.41, 5.74) is 3.51. The molecule has 0 heterocycles. The minimum absolute atomic E-state index is 0.683. The summed E-state index contributed by atoms with van der Waals surface area (Å²) in [7, 11) is -1.97. The van der Waals surface area contributed by atoms with Gasteiger partial charge in [-0.25, -0.2) is 0 Å². The molecular formula is C20H38O4Si. The first kappa shape index (κ1) is 23.8. The predicted octanol–water partition coefficient (Wildman–Crippen LogP) is 5.79. The van der Waals surface area contributed by atoms with Crippen LogP contribution in [0.5, 0.6) is 0 Å². The van der Waals surface area contributed by atoms with E-state index in [0.29, 0.717) is 19.8 Å². The second-order valence-electron chi connectivity index (χ2n) is 7.06. The van der Waals surface area contributed by atoms with Crippen LogP contribution in [-0.4, -0.2) is 34.7 Å². The van der Waals surface area contributed by atoms with Gasteiger partial charge < -0.3 is 18.6 Å². The van der Waals surface area contributed by atoms with Crippen molar-refractivity contribution >= 4 is 8.32 Å². The van der Waals surface area contributed by atoms with Crippen molar-refractivity contribution in [1.82, 2.24) is 0 Å². The Morgan fingerprint density at radius 1 is 0.640 bits per heavy atom. The van der Waals surface area contributed by atoms with Crippen LogP contribution in [0.3, 0.4) is 0 Å². The van der Waals surface area contributed by atoms with E-state index in [2.05, 4.69) is 6.92 Å². The summed E-state index contributed by atoms with van der Waals surface area (Å²) in [6, 6.07) is 2.84. The van der Waals surface area contributed by atoms with Crippen molar-refractivity contribution in [1.29, 1.82) is 0 Å². The molecule has 0 atom stereocenters. The molecule has 0 N–H and O–H groups in total. The van der Waals surface area contributed by atoms with Crippen LogP contribution >= 0.6 is 0 Å². The van der Waals surface area contributed by atoms with Crippen molar-refractivity contribution in [2.75, 3.05) is 26.4 Å². The van der Waals surface area contributed by atoms with E-state index in [1.165, 1.54) is 16.7 Å². The lowest BCUT2D eigenvalue weighted by Crippen LogP contribution is -2.41. The van der Waals surface area contributed by atoms with E-state index in [1.54, 1.807) is 0 Å². The van der Waals surface area contributed by atoms with Crippen LogP contribution in [0.15, 0.2) is 35.5 Å². The quantitative estimate of drug-likeness (QED) is 0.220. The van der Waals surface area contributed by atoms with Gasteiger partial charge in [0, 0.05) is 24.7 Å². The molecule has 146 valence electrons. The molecule has 0 bridgehead atoms. The fourth-order valence-corrected chi connectivity index (χ4v) is 5.57. The van der Waals surface area contributed by atoms with Gasteiger partial charge in [-0.1, -0.05) is 0 Å². The maximum atomic E-state index is 6.29. The highest BCUT2D eigenvalue weighted by Crippen LogP contribution is 2.24. The van der Waals surface area contributed by atoms with Gasteiger partial charge in [0.2, 0.25) is 8.32 Å². The zero-order valence-electron chi connectivity index (χ0n) is 17.3. The fourth-order valence-electron chi connectivity index (χ4n) is 2.31. The summed E-state index contributed by atoms with van der Waals surface area (Å²) < 4.78 is 23.3. The highest BCUT2D eigenvalue weighted by Gasteiger charge is 2.34. The van der Waals surface area contributed by atoms with Gasteiger partial charge in [-0.05, 0) is 65.2 Å². The number of rotatable bonds is 14. The van der Waals surface area contributed by atoms with Crippen LogP contribution in [0.1, 0.15) is 48.5 Å². The summed E-state index contributed by atoms with van der Waals surface area (Å²) >= 11 is 0. The minimum atomic E-state index is -1.97.